The summed E-state index contributed by atoms with van der Waals surface area (Å²) in [5.41, 5.74) is 7.95. The maximum absolute atomic E-state index is 5.87. The van der Waals surface area contributed by atoms with Gasteiger partial charge in [0.1, 0.15) is 0 Å². The molecular formula is C7H6ClN3. The van der Waals surface area contributed by atoms with Crippen LogP contribution < -0.4 is 5.73 Å². The zero-order valence-corrected chi connectivity index (χ0v) is 6.47. The van der Waals surface area contributed by atoms with Gasteiger partial charge in [0.2, 0.25) is 0 Å². The number of hydrogen-bond acceptors (Lipinski definition) is 3. The van der Waals surface area contributed by atoms with Gasteiger partial charge in [-0.3, -0.25) is 0 Å². The summed E-state index contributed by atoms with van der Waals surface area (Å²) in [6.45, 7) is 0.578. The molecule has 0 aromatic heterocycles. The Balaban J connectivity index is 2.66. The second-order valence-electron chi connectivity index (χ2n) is 2.40. The van der Waals surface area contributed by atoms with Crippen molar-refractivity contribution in [2.24, 2.45) is 10.2 Å². The molecule has 2 N–H and O–H groups in total. The van der Waals surface area contributed by atoms with E-state index in [0.717, 1.165) is 11.3 Å². The van der Waals surface area contributed by atoms with Crippen LogP contribution in [0.4, 0.5) is 11.4 Å². The van der Waals surface area contributed by atoms with E-state index < -0.39 is 0 Å². The molecule has 0 spiro atoms. The van der Waals surface area contributed by atoms with Crippen molar-refractivity contribution in [2.75, 3.05) is 5.73 Å². The quantitative estimate of drug-likeness (QED) is 0.593. The Kier molecular flexibility index (Phi) is 1.32. The zero-order valence-electron chi connectivity index (χ0n) is 5.71. The number of nitrogens with two attached hydrogens (primary N) is 1. The minimum absolute atomic E-state index is 0.578. The number of benzene rings is 1. The van der Waals surface area contributed by atoms with Crippen molar-refractivity contribution in [3.63, 3.8) is 0 Å². The molecule has 0 unspecified atom stereocenters. The fraction of sp³-hybridized carbons (Fsp3) is 0.143. The molecule has 0 aliphatic carbocycles. The van der Waals surface area contributed by atoms with E-state index in [9.17, 15) is 0 Å². The maximum Gasteiger partial charge on any atom is 0.0939 e. The van der Waals surface area contributed by atoms with Gasteiger partial charge in [0.05, 0.1) is 12.2 Å². The molecule has 4 heteroatoms. The third-order valence-electron chi connectivity index (χ3n) is 1.60. The first kappa shape index (κ1) is 6.61. The van der Waals surface area contributed by atoms with Gasteiger partial charge in [-0.25, -0.2) is 0 Å². The molecule has 0 atom stereocenters. The Morgan fingerprint density at radius 3 is 3.09 bits per heavy atom. The highest BCUT2D eigenvalue weighted by atomic mass is 35.5. The minimum Gasteiger partial charge on any atom is -0.399 e. The predicted octanol–water partition coefficient (Wildman–Crippen LogP) is 2.52. The summed E-state index contributed by atoms with van der Waals surface area (Å²) in [5.74, 6) is 0. The average Bonchev–Trinajstić information content (AvgIpc) is 2.34. The number of hydrogen-bond donors (Lipinski definition) is 1. The summed E-state index contributed by atoms with van der Waals surface area (Å²) < 4.78 is 0. The second-order valence-corrected chi connectivity index (χ2v) is 2.81. The van der Waals surface area contributed by atoms with Gasteiger partial charge in [-0.05, 0) is 12.1 Å². The zero-order chi connectivity index (χ0) is 7.84. The highest BCUT2D eigenvalue weighted by Crippen LogP contribution is 2.34. The molecule has 0 bridgehead atoms. The highest BCUT2D eigenvalue weighted by Gasteiger charge is 2.11. The molecule has 0 saturated heterocycles. The fourth-order valence-electron chi connectivity index (χ4n) is 1.07. The minimum atomic E-state index is 0.578. The van der Waals surface area contributed by atoms with Crippen molar-refractivity contribution < 1.29 is 0 Å². The van der Waals surface area contributed by atoms with Crippen LogP contribution >= 0.6 is 11.6 Å². The van der Waals surface area contributed by atoms with Crippen LogP contribution in [-0.2, 0) is 6.54 Å². The standard InChI is InChI=1S/C7H6ClN3/c8-6-1-4(9)2-7-5(6)3-10-11-7/h1-2H,3,9H2. The van der Waals surface area contributed by atoms with E-state index in [1.165, 1.54) is 0 Å². The highest BCUT2D eigenvalue weighted by molar-refractivity contribution is 6.32. The third-order valence-corrected chi connectivity index (χ3v) is 1.94. The lowest BCUT2D eigenvalue weighted by Gasteiger charge is -1.99. The number of nitrogen functional groups attached to an aromatic ring is 1. The van der Waals surface area contributed by atoms with Crippen molar-refractivity contribution in [1.29, 1.82) is 0 Å². The fourth-order valence-corrected chi connectivity index (χ4v) is 1.35. The van der Waals surface area contributed by atoms with Gasteiger partial charge in [-0.2, -0.15) is 10.2 Å². The van der Waals surface area contributed by atoms with Crippen LogP contribution in [-0.4, -0.2) is 0 Å². The molecule has 56 valence electrons. The molecule has 1 aliphatic rings. The second kappa shape index (κ2) is 2.20. The largest absolute Gasteiger partial charge is 0.399 e. The normalized spacial score (nSPS) is 13.5. The summed E-state index contributed by atoms with van der Waals surface area (Å²) in [6, 6.07) is 3.49. The van der Waals surface area contributed by atoms with E-state index in [0.29, 0.717) is 17.3 Å². The maximum atomic E-state index is 5.87. The molecule has 0 fully saturated rings. The number of azo groups is 1. The summed E-state index contributed by atoms with van der Waals surface area (Å²) in [4.78, 5) is 0. The van der Waals surface area contributed by atoms with Crippen molar-refractivity contribution in [2.45, 2.75) is 6.54 Å². The van der Waals surface area contributed by atoms with E-state index in [4.69, 9.17) is 17.3 Å². The first-order valence-electron chi connectivity index (χ1n) is 3.23. The summed E-state index contributed by atoms with van der Waals surface area (Å²) in [5, 5.41) is 8.38. The smallest absolute Gasteiger partial charge is 0.0939 e. The molecule has 0 amide bonds. The van der Waals surface area contributed by atoms with E-state index in [1.807, 2.05) is 0 Å². The van der Waals surface area contributed by atoms with Gasteiger partial charge in [0.25, 0.3) is 0 Å². The lowest BCUT2D eigenvalue weighted by atomic mass is 10.2. The molecule has 1 aromatic carbocycles. The Bertz CT molecular complexity index is 333. The Morgan fingerprint density at radius 2 is 2.27 bits per heavy atom. The summed E-state index contributed by atoms with van der Waals surface area (Å²) in [6.07, 6.45) is 0. The molecule has 2 rings (SSSR count). The van der Waals surface area contributed by atoms with Gasteiger partial charge >= 0.3 is 0 Å². The van der Waals surface area contributed by atoms with E-state index in [2.05, 4.69) is 10.2 Å². The van der Waals surface area contributed by atoms with Crippen LogP contribution in [0.2, 0.25) is 5.02 Å². The molecule has 1 aromatic rings. The van der Waals surface area contributed by atoms with Gasteiger partial charge in [-0.1, -0.05) is 11.6 Å². The number of nitrogens with zero attached hydrogens (tertiary/aromatic N) is 2. The van der Waals surface area contributed by atoms with Crippen LogP contribution in [0.25, 0.3) is 0 Å². The van der Waals surface area contributed by atoms with Crippen molar-refractivity contribution >= 4 is 23.0 Å². The Labute approximate surface area is 68.9 Å². The lowest BCUT2D eigenvalue weighted by Crippen LogP contribution is -1.86. The van der Waals surface area contributed by atoms with E-state index in [1.54, 1.807) is 12.1 Å². The Hall–Kier alpha value is -1.09. The van der Waals surface area contributed by atoms with Crippen LogP contribution in [0.3, 0.4) is 0 Å². The predicted molar refractivity (Wildman–Crippen MR) is 44.1 cm³/mol. The van der Waals surface area contributed by atoms with Crippen molar-refractivity contribution in [1.82, 2.24) is 0 Å². The first-order chi connectivity index (χ1) is 5.27. The van der Waals surface area contributed by atoms with Crippen LogP contribution in [0, 0.1) is 0 Å². The molecule has 0 saturated carbocycles. The van der Waals surface area contributed by atoms with Crippen LogP contribution in [0.5, 0.6) is 0 Å². The molecule has 0 radical (unpaired) electrons. The van der Waals surface area contributed by atoms with Gasteiger partial charge in [0.15, 0.2) is 0 Å². The van der Waals surface area contributed by atoms with Gasteiger partial charge in [-0.15, -0.1) is 0 Å². The molecular weight excluding hydrogens is 162 g/mol. The molecule has 1 heterocycles. The van der Waals surface area contributed by atoms with Gasteiger partial charge < -0.3 is 5.73 Å². The topological polar surface area (TPSA) is 50.7 Å². The Morgan fingerprint density at radius 1 is 1.45 bits per heavy atom. The number of halogens is 1. The SMILES string of the molecule is Nc1cc(Cl)c2c(c1)N=NC2. The molecule has 11 heavy (non-hydrogen) atoms. The van der Waals surface area contributed by atoms with E-state index >= 15 is 0 Å². The first-order valence-corrected chi connectivity index (χ1v) is 3.60. The monoisotopic (exact) mass is 167 g/mol. The average molecular weight is 168 g/mol. The molecule has 1 aliphatic heterocycles. The number of anilines is 1. The lowest BCUT2D eigenvalue weighted by molar-refractivity contribution is 1.04. The van der Waals surface area contributed by atoms with E-state index in [-0.39, 0.29) is 0 Å². The molecule has 3 nitrogen and oxygen atoms in total. The summed E-state index contributed by atoms with van der Waals surface area (Å²) >= 11 is 5.87. The van der Waals surface area contributed by atoms with Crippen molar-refractivity contribution in [3.05, 3.63) is 22.7 Å². The number of fused-ring (bicyclic) bond motifs is 1. The van der Waals surface area contributed by atoms with Crippen molar-refractivity contribution in [3.8, 4) is 0 Å². The van der Waals surface area contributed by atoms with Gasteiger partial charge in [0, 0.05) is 16.3 Å². The van der Waals surface area contributed by atoms with Crippen LogP contribution in [0.1, 0.15) is 5.56 Å². The third kappa shape index (κ3) is 0.973. The van der Waals surface area contributed by atoms with Crippen LogP contribution in [0.15, 0.2) is 22.4 Å². The number of rotatable bonds is 0. The summed E-state index contributed by atoms with van der Waals surface area (Å²) in [7, 11) is 0.